The minimum Gasteiger partial charge on any atom is -0.338 e. The minimum absolute atomic E-state index is 0.0664. The number of hydrogen-bond donors (Lipinski definition) is 0. The van der Waals surface area contributed by atoms with Crippen LogP contribution in [0.2, 0.25) is 0 Å². The van der Waals surface area contributed by atoms with E-state index < -0.39 is 0 Å². The van der Waals surface area contributed by atoms with E-state index in [1.807, 2.05) is 30.3 Å². The molecule has 0 fully saturated rings. The molecule has 2 aromatic heterocycles. The molecular formula is C22H22N4O2S. The van der Waals surface area contributed by atoms with Crippen molar-refractivity contribution < 1.29 is 4.52 Å². The van der Waals surface area contributed by atoms with Crippen LogP contribution in [0.4, 0.5) is 0 Å². The standard InChI is InChI=1S/C22H22N4O2S/c1-22(2,3)15-11-9-14(10-12-15)19-24-18(28-25-19)13-29-21-23-17-8-6-5-7-16(17)20(27)26(21)4/h5-12H,13H2,1-4H3. The molecule has 29 heavy (non-hydrogen) atoms. The monoisotopic (exact) mass is 406 g/mol. The van der Waals surface area contributed by atoms with E-state index in [2.05, 4.69) is 48.0 Å². The van der Waals surface area contributed by atoms with E-state index in [1.165, 1.54) is 17.3 Å². The van der Waals surface area contributed by atoms with E-state index in [0.29, 0.717) is 33.5 Å². The lowest BCUT2D eigenvalue weighted by Gasteiger charge is -2.18. The van der Waals surface area contributed by atoms with Gasteiger partial charge in [0.2, 0.25) is 11.7 Å². The molecule has 0 amide bonds. The van der Waals surface area contributed by atoms with Gasteiger partial charge in [-0.1, -0.05) is 74.1 Å². The van der Waals surface area contributed by atoms with Gasteiger partial charge in [0, 0.05) is 12.6 Å². The van der Waals surface area contributed by atoms with Crippen LogP contribution in [0.5, 0.6) is 0 Å². The molecule has 0 aliphatic rings. The SMILES string of the molecule is Cn1c(SCc2nc(-c3ccc(C(C)(C)C)cc3)no2)nc2ccccc2c1=O. The maximum Gasteiger partial charge on any atom is 0.261 e. The van der Waals surface area contributed by atoms with Crippen molar-refractivity contribution in [1.82, 2.24) is 19.7 Å². The van der Waals surface area contributed by atoms with Crippen molar-refractivity contribution >= 4 is 22.7 Å². The minimum atomic E-state index is -0.0664. The maximum atomic E-state index is 12.5. The number of nitrogens with zero attached hydrogens (tertiary/aromatic N) is 4. The quantitative estimate of drug-likeness (QED) is 0.365. The maximum absolute atomic E-state index is 12.5. The molecule has 7 heteroatoms. The fraction of sp³-hybridized carbons (Fsp3) is 0.273. The van der Waals surface area contributed by atoms with Gasteiger partial charge in [0.05, 0.1) is 16.7 Å². The van der Waals surface area contributed by atoms with Gasteiger partial charge < -0.3 is 4.52 Å². The van der Waals surface area contributed by atoms with Crippen LogP contribution in [0.3, 0.4) is 0 Å². The number of benzene rings is 2. The van der Waals surface area contributed by atoms with Crippen LogP contribution in [-0.4, -0.2) is 19.7 Å². The van der Waals surface area contributed by atoms with Gasteiger partial charge in [-0.05, 0) is 23.1 Å². The average molecular weight is 407 g/mol. The largest absolute Gasteiger partial charge is 0.338 e. The molecule has 0 N–H and O–H groups in total. The second-order valence-electron chi connectivity index (χ2n) is 7.90. The van der Waals surface area contributed by atoms with Crippen LogP contribution in [0.15, 0.2) is 63.0 Å². The molecule has 0 bridgehead atoms. The Balaban J connectivity index is 1.52. The number of hydrogen-bond acceptors (Lipinski definition) is 6. The van der Waals surface area contributed by atoms with Crippen LogP contribution >= 0.6 is 11.8 Å². The number of fused-ring (bicyclic) bond motifs is 1. The van der Waals surface area contributed by atoms with Crippen molar-refractivity contribution in [3.05, 3.63) is 70.3 Å². The zero-order valence-corrected chi connectivity index (χ0v) is 17.7. The lowest BCUT2D eigenvalue weighted by atomic mass is 9.87. The second-order valence-corrected chi connectivity index (χ2v) is 8.85. The van der Waals surface area contributed by atoms with Crippen molar-refractivity contribution in [2.45, 2.75) is 37.1 Å². The highest BCUT2D eigenvalue weighted by atomic mass is 32.2. The highest BCUT2D eigenvalue weighted by Gasteiger charge is 2.15. The van der Waals surface area contributed by atoms with E-state index in [1.54, 1.807) is 17.7 Å². The Morgan fingerprint density at radius 2 is 1.76 bits per heavy atom. The van der Waals surface area contributed by atoms with Gasteiger partial charge in [0.15, 0.2) is 5.16 Å². The highest BCUT2D eigenvalue weighted by molar-refractivity contribution is 7.98. The Hall–Kier alpha value is -2.93. The van der Waals surface area contributed by atoms with E-state index >= 15 is 0 Å². The van der Waals surface area contributed by atoms with Crippen molar-refractivity contribution in [2.75, 3.05) is 0 Å². The summed E-state index contributed by atoms with van der Waals surface area (Å²) in [4.78, 5) is 21.6. The molecule has 0 aliphatic carbocycles. The molecule has 4 rings (SSSR count). The van der Waals surface area contributed by atoms with Crippen molar-refractivity contribution in [3.63, 3.8) is 0 Å². The Labute approximate surface area is 173 Å². The molecule has 6 nitrogen and oxygen atoms in total. The van der Waals surface area contributed by atoms with Crippen LogP contribution in [0, 0.1) is 0 Å². The summed E-state index contributed by atoms with van der Waals surface area (Å²) < 4.78 is 6.95. The Morgan fingerprint density at radius 1 is 1.03 bits per heavy atom. The first-order valence-corrected chi connectivity index (χ1v) is 10.3. The summed E-state index contributed by atoms with van der Waals surface area (Å²) in [6, 6.07) is 15.5. The lowest BCUT2D eigenvalue weighted by molar-refractivity contribution is 0.391. The van der Waals surface area contributed by atoms with E-state index in [-0.39, 0.29) is 11.0 Å². The van der Waals surface area contributed by atoms with Gasteiger partial charge in [-0.15, -0.1) is 0 Å². The predicted octanol–water partition coefficient (Wildman–Crippen LogP) is 4.57. The first kappa shape index (κ1) is 19.4. The summed E-state index contributed by atoms with van der Waals surface area (Å²) in [5.41, 5.74) is 2.88. The van der Waals surface area contributed by atoms with E-state index in [0.717, 1.165) is 5.56 Å². The topological polar surface area (TPSA) is 73.8 Å². The molecule has 2 aromatic carbocycles. The zero-order chi connectivity index (χ0) is 20.6. The molecule has 2 heterocycles. The molecule has 148 valence electrons. The van der Waals surface area contributed by atoms with Crippen LogP contribution in [-0.2, 0) is 18.2 Å². The van der Waals surface area contributed by atoms with Crippen LogP contribution in [0.25, 0.3) is 22.3 Å². The Morgan fingerprint density at radius 3 is 2.48 bits per heavy atom. The molecule has 0 aliphatic heterocycles. The summed E-state index contributed by atoms with van der Waals surface area (Å²) in [6.07, 6.45) is 0. The first-order valence-electron chi connectivity index (χ1n) is 9.35. The Bertz CT molecular complexity index is 1220. The molecule has 0 spiro atoms. The van der Waals surface area contributed by atoms with Crippen LogP contribution in [0.1, 0.15) is 32.2 Å². The lowest BCUT2D eigenvalue weighted by Crippen LogP contribution is -2.19. The van der Waals surface area contributed by atoms with E-state index in [9.17, 15) is 4.79 Å². The molecular weight excluding hydrogens is 384 g/mol. The fourth-order valence-corrected chi connectivity index (χ4v) is 3.81. The molecule has 0 radical (unpaired) electrons. The second kappa shape index (κ2) is 7.48. The van der Waals surface area contributed by atoms with Gasteiger partial charge in [-0.25, -0.2) is 4.98 Å². The van der Waals surface area contributed by atoms with Crippen molar-refractivity contribution in [1.29, 1.82) is 0 Å². The number of rotatable bonds is 4. The summed E-state index contributed by atoms with van der Waals surface area (Å²) in [5, 5.41) is 5.32. The van der Waals surface area contributed by atoms with Gasteiger partial charge in [-0.3, -0.25) is 9.36 Å². The van der Waals surface area contributed by atoms with Gasteiger partial charge in [-0.2, -0.15) is 4.98 Å². The Kier molecular flexibility index (Phi) is 5.00. The van der Waals surface area contributed by atoms with Gasteiger partial charge in [0.25, 0.3) is 5.56 Å². The number of aromatic nitrogens is 4. The van der Waals surface area contributed by atoms with Gasteiger partial charge >= 0.3 is 0 Å². The summed E-state index contributed by atoms with van der Waals surface area (Å²) in [7, 11) is 1.72. The third kappa shape index (κ3) is 3.96. The molecule has 0 saturated heterocycles. The molecule has 0 unspecified atom stereocenters. The van der Waals surface area contributed by atoms with Crippen molar-refractivity contribution in [3.8, 4) is 11.4 Å². The summed E-state index contributed by atoms with van der Waals surface area (Å²) >= 11 is 1.40. The van der Waals surface area contributed by atoms with Crippen molar-refractivity contribution in [2.24, 2.45) is 7.05 Å². The zero-order valence-electron chi connectivity index (χ0n) is 16.8. The summed E-state index contributed by atoms with van der Waals surface area (Å²) in [6.45, 7) is 6.54. The molecule has 0 atom stereocenters. The predicted molar refractivity (Wildman–Crippen MR) is 115 cm³/mol. The number of para-hydroxylation sites is 1. The van der Waals surface area contributed by atoms with E-state index in [4.69, 9.17) is 4.52 Å². The third-order valence-corrected chi connectivity index (χ3v) is 5.76. The molecule has 4 aromatic rings. The number of thioether (sulfide) groups is 1. The van der Waals surface area contributed by atoms with Gasteiger partial charge in [0.1, 0.15) is 0 Å². The average Bonchev–Trinajstić information content (AvgIpc) is 3.18. The smallest absolute Gasteiger partial charge is 0.261 e. The molecule has 0 saturated carbocycles. The third-order valence-electron chi connectivity index (χ3n) is 4.74. The van der Waals surface area contributed by atoms with Crippen LogP contribution < -0.4 is 5.56 Å². The summed E-state index contributed by atoms with van der Waals surface area (Å²) in [5.74, 6) is 1.49. The first-order chi connectivity index (χ1) is 13.8. The normalized spacial score (nSPS) is 11.9. The highest BCUT2D eigenvalue weighted by Crippen LogP contribution is 2.26. The fourth-order valence-electron chi connectivity index (χ4n) is 3.00.